The fourth-order valence-corrected chi connectivity index (χ4v) is 7.78. The molecule has 0 aromatic heterocycles. The van der Waals surface area contributed by atoms with Crippen LogP contribution in [0, 0.1) is 0 Å². The molecule has 1 aliphatic rings. The summed E-state index contributed by atoms with van der Waals surface area (Å²) in [6, 6.07) is 53.5. The molecule has 8 heteroatoms. The van der Waals surface area contributed by atoms with Crippen LogP contribution in [0.15, 0.2) is 169 Å². The molecule has 3 unspecified atom stereocenters. The lowest BCUT2D eigenvalue weighted by atomic mass is 9.98. The molecule has 0 bridgehead atoms. The molecule has 53 heavy (non-hydrogen) atoms. The zero-order valence-corrected chi connectivity index (χ0v) is 30.3. The van der Waals surface area contributed by atoms with Crippen molar-refractivity contribution in [1.82, 2.24) is 9.62 Å². The Hall–Kier alpha value is -4.93. The molecule has 1 fully saturated rings. The highest BCUT2D eigenvalue weighted by Gasteiger charge is 2.33. The number of hydrogen-bond acceptors (Lipinski definition) is 6. The van der Waals surface area contributed by atoms with Gasteiger partial charge < -0.3 is 14.6 Å². The minimum absolute atomic E-state index is 0.00729. The van der Waals surface area contributed by atoms with E-state index in [2.05, 4.69) is 70.3 Å². The van der Waals surface area contributed by atoms with E-state index in [9.17, 15) is 13.5 Å². The van der Waals surface area contributed by atoms with Crippen molar-refractivity contribution in [2.24, 2.45) is 0 Å². The summed E-state index contributed by atoms with van der Waals surface area (Å²) in [7, 11) is -3.62. The summed E-state index contributed by atoms with van der Waals surface area (Å²) in [5.41, 5.74) is 8.16. The van der Waals surface area contributed by atoms with Gasteiger partial charge in [0.25, 0.3) is 0 Å². The molecular formula is C45H44N2O5S. The monoisotopic (exact) mass is 724 g/mol. The van der Waals surface area contributed by atoms with Gasteiger partial charge in [-0.1, -0.05) is 146 Å². The van der Waals surface area contributed by atoms with Crippen molar-refractivity contribution >= 4 is 10.0 Å². The second-order valence-electron chi connectivity index (χ2n) is 13.5. The van der Waals surface area contributed by atoms with E-state index in [1.165, 1.54) is 11.1 Å². The van der Waals surface area contributed by atoms with Crippen LogP contribution < -0.4 is 4.72 Å². The standard InChI is InChI=1S/C45H44N2O5S/c48-33-36-19-21-39(22-20-36)44-28-42(32-47(30-34-11-4-1-5-12-34)31-35-13-6-2-7-14-35)51-45(52-44)40-25-23-38(24-26-40)41-16-10-15-37(27-41)29-46-53(49,50)43-17-8-3-9-18-43/h1-27,42,44-46,48H,28-33H2. The number of sulfonamides is 1. The molecule has 1 heterocycles. The highest BCUT2D eigenvalue weighted by Crippen LogP contribution is 2.39. The van der Waals surface area contributed by atoms with E-state index in [4.69, 9.17) is 9.47 Å². The Morgan fingerprint density at radius 3 is 1.81 bits per heavy atom. The Bertz CT molecular complexity index is 2110. The maximum atomic E-state index is 12.8. The fraction of sp³-hybridized carbons (Fsp3) is 0.200. The van der Waals surface area contributed by atoms with E-state index in [0.29, 0.717) is 13.0 Å². The summed E-state index contributed by atoms with van der Waals surface area (Å²) in [5, 5.41) is 9.65. The van der Waals surface area contributed by atoms with E-state index in [-0.39, 0.29) is 30.3 Å². The third-order valence-corrected chi connectivity index (χ3v) is 11.0. The highest BCUT2D eigenvalue weighted by molar-refractivity contribution is 7.89. The number of aliphatic hydroxyl groups is 1. The number of rotatable bonds is 14. The van der Waals surface area contributed by atoms with Crippen LogP contribution in [0.2, 0.25) is 0 Å². The molecular weight excluding hydrogens is 681 g/mol. The molecule has 0 aliphatic carbocycles. The Morgan fingerprint density at radius 2 is 1.19 bits per heavy atom. The number of benzene rings is 6. The van der Waals surface area contributed by atoms with Crippen LogP contribution in [-0.4, -0.2) is 31.1 Å². The third-order valence-electron chi connectivity index (χ3n) is 9.54. The molecule has 7 nitrogen and oxygen atoms in total. The topological polar surface area (TPSA) is 88.1 Å². The Morgan fingerprint density at radius 1 is 0.604 bits per heavy atom. The van der Waals surface area contributed by atoms with Gasteiger partial charge >= 0.3 is 0 Å². The number of hydrogen-bond donors (Lipinski definition) is 2. The first-order chi connectivity index (χ1) is 25.9. The predicted octanol–water partition coefficient (Wildman–Crippen LogP) is 8.57. The summed E-state index contributed by atoms with van der Waals surface area (Å²) in [6.45, 7) is 2.47. The Balaban J connectivity index is 1.10. The van der Waals surface area contributed by atoms with Gasteiger partial charge in [0.05, 0.1) is 23.7 Å². The Kier molecular flexibility index (Phi) is 11.9. The number of nitrogens with zero attached hydrogens (tertiary/aromatic N) is 1. The van der Waals surface area contributed by atoms with Crippen LogP contribution in [0.5, 0.6) is 0 Å². The molecule has 0 radical (unpaired) electrons. The molecule has 1 saturated heterocycles. The molecule has 270 valence electrons. The highest BCUT2D eigenvalue weighted by atomic mass is 32.2. The van der Waals surface area contributed by atoms with Crippen molar-refractivity contribution in [3.05, 3.63) is 197 Å². The van der Waals surface area contributed by atoms with E-state index >= 15 is 0 Å². The van der Waals surface area contributed by atoms with Crippen LogP contribution >= 0.6 is 0 Å². The maximum absolute atomic E-state index is 12.8. The quantitative estimate of drug-likeness (QED) is 0.117. The molecule has 6 aromatic carbocycles. The van der Waals surface area contributed by atoms with E-state index in [0.717, 1.165) is 46.5 Å². The largest absolute Gasteiger partial charge is 0.392 e. The van der Waals surface area contributed by atoms with Gasteiger partial charge in [0.15, 0.2) is 6.29 Å². The molecule has 0 saturated carbocycles. The molecule has 0 spiro atoms. The van der Waals surface area contributed by atoms with E-state index in [1.54, 1.807) is 30.3 Å². The minimum Gasteiger partial charge on any atom is -0.392 e. The first kappa shape index (κ1) is 36.4. The van der Waals surface area contributed by atoms with Gasteiger partial charge in [0.1, 0.15) is 0 Å². The fourth-order valence-electron chi connectivity index (χ4n) is 6.74. The smallest absolute Gasteiger partial charge is 0.240 e. The second-order valence-corrected chi connectivity index (χ2v) is 15.2. The van der Waals surface area contributed by atoms with Crippen LogP contribution in [0.4, 0.5) is 0 Å². The van der Waals surface area contributed by atoms with Gasteiger partial charge in [0.2, 0.25) is 10.0 Å². The summed E-state index contributed by atoms with van der Waals surface area (Å²) in [6.07, 6.45) is -0.203. The first-order valence-electron chi connectivity index (χ1n) is 18.0. The van der Waals surface area contributed by atoms with Crippen LogP contribution in [0.25, 0.3) is 11.1 Å². The lowest BCUT2D eigenvalue weighted by molar-refractivity contribution is -0.253. The Labute approximate surface area is 312 Å². The second kappa shape index (κ2) is 17.3. The summed E-state index contributed by atoms with van der Waals surface area (Å²) in [5.74, 6) is 0. The van der Waals surface area contributed by atoms with Crippen molar-refractivity contribution in [3.63, 3.8) is 0 Å². The number of nitrogens with one attached hydrogen (secondary N) is 1. The average Bonchev–Trinajstić information content (AvgIpc) is 3.21. The molecule has 2 N–H and O–H groups in total. The van der Waals surface area contributed by atoms with Gasteiger partial charge in [-0.25, -0.2) is 13.1 Å². The summed E-state index contributed by atoms with van der Waals surface area (Å²) >= 11 is 0. The van der Waals surface area contributed by atoms with E-state index in [1.807, 2.05) is 72.8 Å². The molecule has 1 aliphatic heterocycles. The lowest BCUT2D eigenvalue weighted by Crippen LogP contribution is -2.39. The lowest BCUT2D eigenvalue weighted by Gasteiger charge is -2.38. The normalized spacial score (nSPS) is 17.5. The van der Waals surface area contributed by atoms with Gasteiger partial charge in [-0.05, 0) is 57.1 Å². The van der Waals surface area contributed by atoms with Gasteiger partial charge in [-0.15, -0.1) is 0 Å². The SMILES string of the molecule is O=S(=O)(NCc1cccc(-c2ccc(C3OC(CN(Cc4ccccc4)Cc4ccccc4)CC(c4ccc(CO)cc4)O3)cc2)c1)c1ccccc1. The van der Waals surface area contributed by atoms with Crippen molar-refractivity contribution in [1.29, 1.82) is 0 Å². The van der Waals surface area contributed by atoms with Crippen LogP contribution in [-0.2, 0) is 45.7 Å². The van der Waals surface area contributed by atoms with Gasteiger partial charge in [-0.3, -0.25) is 4.90 Å². The number of aliphatic hydroxyl groups excluding tert-OH is 1. The molecule has 0 amide bonds. The summed E-state index contributed by atoms with van der Waals surface area (Å²) < 4.78 is 41.7. The average molecular weight is 725 g/mol. The zero-order chi connectivity index (χ0) is 36.5. The molecule has 7 rings (SSSR count). The van der Waals surface area contributed by atoms with Gasteiger partial charge in [-0.2, -0.15) is 0 Å². The zero-order valence-electron chi connectivity index (χ0n) is 29.5. The third kappa shape index (κ3) is 9.74. The van der Waals surface area contributed by atoms with Crippen LogP contribution in [0.1, 0.15) is 52.2 Å². The van der Waals surface area contributed by atoms with Gasteiger partial charge in [0, 0.05) is 38.2 Å². The predicted molar refractivity (Wildman–Crippen MR) is 208 cm³/mol. The van der Waals surface area contributed by atoms with E-state index < -0.39 is 16.3 Å². The first-order valence-corrected chi connectivity index (χ1v) is 19.4. The molecule has 6 aromatic rings. The molecule has 3 atom stereocenters. The van der Waals surface area contributed by atoms with Crippen molar-refractivity contribution in [2.75, 3.05) is 6.54 Å². The van der Waals surface area contributed by atoms with Crippen LogP contribution in [0.3, 0.4) is 0 Å². The number of ether oxygens (including phenoxy) is 2. The van der Waals surface area contributed by atoms with Crippen molar-refractivity contribution in [2.45, 2.75) is 56.1 Å². The minimum atomic E-state index is -3.62. The van der Waals surface area contributed by atoms with Crippen molar-refractivity contribution < 1.29 is 23.0 Å². The van der Waals surface area contributed by atoms with Crippen molar-refractivity contribution in [3.8, 4) is 11.1 Å². The maximum Gasteiger partial charge on any atom is 0.240 e. The summed E-state index contributed by atoms with van der Waals surface area (Å²) in [4.78, 5) is 2.69.